The molecule has 24 heavy (non-hydrogen) atoms. The first-order valence-corrected chi connectivity index (χ1v) is 7.28. The normalized spacial score (nSPS) is 11.1. The molecule has 0 aliphatic rings. The first kappa shape index (κ1) is 19.4. The maximum Gasteiger partial charge on any atom is 0.168 e. The molecule has 130 valence electrons. The SMILES string of the molecule is CN=COC.Cn1ccnc1-c1ccc(OC/C(=C\F)CN)cc1. The van der Waals surface area contributed by atoms with Gasteiger partial charge in [0.25, 0.3) is 0 Å². The number of aliphatic imine (C=N–C) groups is 1. The molecule has 7 heteroatoms. The molecule has 1 heterocycles. The molecule has 2 aromatic rings. The van der Waals surface area contributed by atoms with Crippen molar-refractivity contribution in [1.29, 1.82) is 0 Å². The van der Waals surface area contributed by atoms with E-state index in [0.717, 1.165) is 11.4 Å². The number of imidazole rings is 1. The summed E-state index contributed by atoms with van der Waals surface area (Å²) in [7, 11) is 5.16. The van der Waals surface area contributed by atoms with Crippen molar-refractivity contribution in [3.05, 3.63) is 48.6 Å². The number of hydrogen-bond acceptors (Lipinski definition) is 5. The molecule has 0 unspecified atom stereocenters. The highest BCUT2D eigenvalue weighted by Gasteiger charge is 2.03. The molecule has 0 amide bonds. The fourth-order valence-electron chi connectivity index (χ4n) is 1.76. The quantitative estimate of drug-likeness (QED) is 0.651. The van der Waals surface area contributed by atoms with Crippen molar-refractivity contribution in [1.82, 2.24) is 9.55 Å². The topological polar surface area (TPSA) is 74.7 Å². The maximum absolute atomic E-state index is 12.3. The highest BCUT2D eigenvalue weighted by atomic mass is 19.1. The Morgan fingerprint density at radius 3 is 2.50 bits per heavy atom. The van der Waals surface area contributed by atoms with Gasteiger partial charge in [-0.25, -0.2) is 9.37 Å². The van der Waals surface area contributed by atoms with Crippen LogP contribution in [-0.4, -0.2) is 43.3 Å². The molecule has 0 spiro atoms. The number of halogens is 1. The van der Waals surface area contributed by atoms with Gasteiger partial charge in [-0.3, -0.25) is 4.99 Å². The minimum Gasteiger partial charge on any atom is -0.489 e. The maximum atomic E-state index is 12.3. The van der Waals surface area contributed by atoms with Gasteiger partial charge in [-0.2, -0.15) is 0 Å². The Bertz CT molecular complexity index is 651. The molecule has 0 bridgehead atoms. The summed E-state index contributed by atoms with van der Waals surface area (Å²) in [5, 5.41) is 0. The summed E-state index contributed by atoms with van der Waals surface area (Å²) in [6.45, 7) is 0.316. The van der Waals surface area contributed by atoms with Gasteiger partial charge in [0.1, 0.15) is 18.2 Å². The molecule has 1 aromatic heterocycles. The molecule has 2 N–H and O–H groups in total. The highest BCUT2D eigenvalue weighted by molar-refractivity contribution is 5.56. The third-order valence-corrected chi connectivity index (χ3v) is 2.99. The van der Waals surface area contributed by atoms with Crippen molar-refractivity contribution < 1.29 is 13.9 Å². The molecule has 2 rings (SSSR count). The molecule has 0 saturated heterocycles. The van der Waals surface area contributed by atoms with Crippen LogP contribution in [0.15, 0.2) is 53.6 Å². The minimum absolute atomic E-state index is 0.155. The van der Waals surface area contributed by atoms with E-state index in [0.29, 0.717) is 17.7 Å². The van der Waals surface area contributed by atoms with Crippen LogP contribution in [0.1, 0.15) is 0 Å². The second-order valence-electron chi connectivity index (χ2n) is 4.75. The Kier molecular flexibility index (Phi) is 8.85. The molecule has 0 radical (unpaired) electrons. The molecule has 6 nitrogen and oxygen atoms in total. The molecule has 0 fully saturated rings. The standard InChI is InChI=1S/C14H16FN3O.C3H7NO/c1-18-7-6-17-14(18)12-2-4-13(5-3-12)19-10-11(8-15)9-16;1-4-3-5-2/h2-8H,9-10,16H2,1H3;3H,1-2H3/b11-8-;. The van der Waals surface area contributed by atoms with Gasteiger partial charge in [0.05, 0.1) is 13.4 Å². The number of hydrogen-bond donors (Lipinski definition) is 1. The number of nitrogens with zero attached hydrogens (tertiary/aromatic N) is 3. The Labute approximate surface area is 141 Å². The Morgan fingerprint density at radius 1 is 1.38 bits per heavy atom. The average Bonchev–Trinajstić information content (AvgIpc) is 3.04. The smallest absolute Gasteiger partial charge is 0.168 e. The molecule has 1 aromatic carbocycles. The van der Waals surface area contributed by atoms with E-state index in [2.05, 4.69) is 14.7 Å². The lowest BCUT2D eigenvalue weighted by atomic mass is 10.2. The van der Waals surface area contributed by atoms with Crippen LogP contribution in [0.4, 0.5) is 4.39 Å². The Morgan fingerprint density at radius 2 is 2.08 bits per heavy atom. The number of methoxy groups -OCH3 is 1. The first-order valence-electron chi connectivity index (χ1n) is 7.28. The van der Waals surface area contributed by atoms with E-state index < -0.39 is 0 Å². The Balaban J connectivity index is 0.000000505. The van der Waals surface area contributed by atoms with Crippen LogP contribution >= 0.6 is 0 Å². The lowest BCUT2D eigenvalue weighted by molar-refractivity contribution is 0.347. The Hall–Kier alpha value is -2.67. The summed E-state index contributed by atoms with van der Waals surface area (Å²) >= 11 is 0. The zero-order chi connectivity index (χ0) is 17.8. The number of aromatic nitrogens is 2. The largest absolute Gasteiger partial charge is 0.489 e. The lowest BCUT2D eigenvalue weighted by Crippen LogP contribution is -2.10. The van der Waals surface area contributed by atoms with Crippen LogP contribution in [0.3, 0.4) is 0 Å². The molecule has 0 saturated carbocycles. The van der Waals surface area contributed by atoms with Crippen LogP contribution in [0.25, 0.3) is 11.4 Å². The number of rotatable bonds is 6. The van der Waals surface area contributed by atoms with Gasteiger partial charge in [0.2, 0.25) is 0 Å². The van der Waals surface area contributed by atoms with E-state index in [-0.39, 0.29) is 13.2 Å². The summed E-state index contributed by atoms with van der Waals surface area (Å²) in [5.41, 5.74) is 6.78. The van der Waals surface area contributed by atoms with E-state index in [1.807, 2.05) is 42.1 Å². The summed E-state index contributed by atoms with van der Waals surface area (Å²) in [6, 6.07) is 7.49. The molecule has 0 aliphatic carbocycles. The number of aryl methyl sites for hydroxylation is 1. The third kappa shape index (κ3) is 6.21. The zero-order valence-electron chi connectivity index (χ0n) is 14.1. The van der Waals surface area contributed by atoms with Crippen molar-refractivity contribution in [3.63, 3.8) is 0 Å². The van der Waals surface area contributed by atoms with Gasteiger partial charge in [-0.15, -0.1) is 0 Å². The van der Waals surface area contributed by atoms with Crippen LogP contribution in [-0.2, 0) is 11.8 Å². The van der Waals surface area contributed by atoms with E-state index in [4.69, 9.17) is 10.5 Å². The third-order valence-electron chi connectivity index (χ3n) is 2.99. The van der Waals surface area contributed by atoms with E-state index in [1.165, 1.54) is 6.40 Å². The summed E-state index contributed by atoms with van der Waals surface area (Å²) in [4.78, 5) is 7.77. The molecule has 0 atom stereocenters. The van der Waals surface area contributed by atoms with E-state index in [1.54, 1.807) is 20.4 Å². The van der Waals surface area contributed by atoms with Crippen molar-refractivity contribution in [3.8, 4) is 17.1 Å². The predicted molar refractivity (Wildman–Crippen MR) is 93.8 cm³/mol. The monoisotopic (exact) mass is 334 g/mol. The van der Waals surface area contributed by atoms with Crippen molar-refractivity contribution in [2.24, 2.45) is 17.8 Å². The fraction of sp³-hybridized carbons (Fsp3) is 0.294. The number of nitrogens with two attached hydrogens (primary N) is 1. The van der Waals surface area contributed by atoms with Crippen LogP contribution in [0, 0.1) is 0 Å². The van der Waals surface area contributed by atoms with Gasteiger partial charge >= 0.3 is 0 Å². The minimum atomic E-state index is 0.155. The lowest BCUT2D eigenvalue weighted by Gasteiger charge is -2.08. The summed E-state index contributed by atoms with van der Waals surface area (Å²) in [5.74, 6) is 1.56. The molecular formula is C17H23FN4O2. The summed E-state index contributed by atoms with van der Waals surface area (Å²) in [6.07, 6.45) is 5.50. The van der Waals surface area contributed by atoms with Gasteiger partial charge in [0.15, 0.2) is 6.40 Å². The molecule has 0 aliphatic heterocycles. The predicted octanol–water partition coefficient (Wildman–Crippen LogP) is 2.57. The first-order chi connectivity index (χ1) is 11.7. The van der Waals surface area contributed by atoms with Crippen molar-refractivity contribution in [2.75, 3.05) is 27.3 Å². The average molecular weight is 334 g/mol. The van der Waals surface area contributed by atoms with E-state index >= 15 is 0 Å². The van der Waals surface area contributed by atoms with Gasteiger partial charge in [-0.05, 0) is 24.3 Å². The van der Waals surface area contributed by atoms with Crippen molar-refractivity contribution >= 4 is 6.40 Å². The fourth-order valence-corrected chi connectivity index (χ4v) is 1.76. The van der Waals surface area contributed by atoms with Crippen LogP contribution in [0.2, 0.25) is 0 Å². The van der Waals surface area contributed by atoms with Crippen LogP contribution < -0.4 is 10.5 Å². The van der Waals surface area contributed by atoms with E-state index in [9.17, 15) is 4.39 Å². The second kappa shape index (κ2) is 11.0. The van der Waals surface area contributed by atoms with Gasteiger partial charge in [-0.1, -0.05) is 0 Å². The zero-order valence-corrected chi connectivity index (χ0v) is 14.1. The second-order valence-corrected chi connectivity index (χ2v) is 4.75. The number of ether oxygens (including phenoxy) is 2. The van der Waals surface area contributed by atoms with Crippen molar-refractivity contribution in [2.45, 2.75) is 0 Å². The summed E-state index contributed by atoms with van der Waals surface area (Å²) < 4.78 is 24.1. The van der Waals surface area contributed by atoms with Gasteiger partial charge < -0.3 is 19.8 Å². The highest BCUT2D eigenvalue weighted by Crippen LogP contribution is 2.20. The van der Waals surface area contributed by atoms with Gasteiger partial charge in [0, 0.05) is 44.2 Å². The number of benzene rings is 1. The molecular weight excluding hydrogens is 311 g/mol. The van der Waals surface area contributed by atoms with Crippen LogP contribution in [0.5, 0.6) is 5.75 Å².